The molecule has 0 aliphatic heterocycles. The third-order valence-corrected chi connectivity index (χ3v) is 2.75. The van der Waals surface area contributed by atoms with E-state index in [1.807, 2.05) is 36.5 Å². The Hall–Kier alpha value is -2.82. The zero-order chi connectivity index (χ0) is 14.4. The molecule has 2 rings (SSSR count). The van der Waals surface area contributed by atoms with E-state index in [4.69, 9.17) is 11.5 Å². The quantitative estimate of drug-likeness (QED) is 0.505. The number of nitrogens with zero attached hydrogens (tertiary/aromatic N) is 3. The standard InChI is InChI=1S/C15H17N5/c1-12-6-2-3-9-14(12)20-11-5-8-13(20)7-4-10-18-19-15(16)17/h2-11H,1H3,(H4,16,17,19)/b7-4+,18-10+. The summed E-state index contributed by atoms with van der Waals surface area (Å²) in [7, 11) is 0. The summed E-state index contributed by atoms with van der Waals surface area (Å²) in [5.74, 6) is -0.0575. The number of benzene rings is 1. The number of hydrogen-bond acceptors (Lipinski definition) is 2. The van der Waals surface area contributed by atoms with Gasteiger partial charge < -0.3 is 16.0 Å². The molecule has 1 aromatic heterocycles. The minimum atomic E-state index is -0.0575. The third-order valence-electron chi connectivity index (χ3n) is 2.75. The molecule has 0 saturated carbocycles. The van der Waals surface area contributed by atoms with Crippen LogP contribution in [0.5, 0.6) is 0 Å². The molecule has 5 heteroatoms. The third kappa shape index (κ3) is 3.35. The molecule has 0 radical (unpaired) electrons. The van der Waals surface area contributed by atoms with Crippen LogP contribution >= 0.6 is 0 Å². The van der Waals surface area contributed by atoms with Crippen molar-refractivity contribution >= 4 is 18.3 Å². The fourth-order valence-corrected chi connectivity index (χ4v) is 1.86. The highest BCUT2D eigenvalue weighted by Gasteiger charge is 2.02. The van der Waals surface area contributed by atoms with Crippen molar-refractivity contribution in [3.05, 3.63) is 59.9 Å². The SMILES string of the molecule is Cc1ccccc1-n1cccc1/C=C/C=N/N=C(N)N. The fourth-order valence-electron chi connectivity index (χ4n) is 1.86. The molecule has 0 aliphatic rings. The van der Waals surface area contributed by atoms with Gasteiger partial charge in [0.2, 0.25) is 5.96 Å². The summed E-state index contributed by atoms with van der Waals surface area (Å²) in [5.41, 5.74) is 13.8. The van der Waals surface area contributed by atoms with Crippen LogP contribution in [-0.2, 0) is 0 Å². The van der Waals surface area contributed by atoms with Crippen molar-refractivity contribution in [3.8, 4) is 5.69 Å². The van der Waals surface area contributed by atoms with Crippen molar-refractivity contribution in [2.24, 2.45) is 21.7 Å². The number of aryl methyl sites for hydroxylation is 1. The molecule has 0 saturated heterocycles. The highest BCUT2D eigenvalue weighted by molar-refractivity contribution is 5.80. The molecule has 20 heavy (non-hydrogen) atoms. The molecule has 0 spiro atoms. The number of hydrogen-bond donors (Lipinski definition) is 2. The number of para-hydroxylation sites is 1. The van der Waals surface area contributed by atoms with Crippen molar-refractivity contribution in [1.29, 1.82) is 0 Å². The Labute approximate surface area is 117 Å². The van der Waals surface area contributed by atoms with Gasteiger partial charge in [-0.05, 0) is 42.8 Å². The average Bonchev–Trinajstić information content (AvgIpc) is 2.87. The van der Waals surface area contributed by atoms with Crippen LogP contribution in [0.15, 0.2) is 58.9 Å². The second kappa shape index (κ2) is 6.38. The van der Waals surface area contributed by atoms with Crippen LogP contribution in [-0.4, -0.2) is 16.7 Å². The van der Waals surface area contributed by atoms with Crippen LogP contribution in [0, 0.1) is 6.92 Å². The molecule has 1 aromatic carbocycles. The minimum Gasteiger partial charge on any atom is -0.369 e. The Balaban J connectivity index is 2.22. The zero-order valence-electron chi connectivity index (χ0n) is 11.3. The molecule has 0 fully saturated rings. The van der Waals surface area contributed by atoms with E-state index in [1.165, 1.54) is 11.8 Å². The lowest BCUT2D eigenvalue weighted by atomic mass is 10.2. The molecule has 0 bridgehead atoms. The first-order chi connectivity index (χ1) is 9.68. The summed E-state index contributed by atoms with van der Waals surface area (Å²) in [6.45, 7) is 2.09. The van der Waals surface area contributed by atoms with Gasteiger partial charge in [0.1, 0.15) is 0 Å². The Morgan fingerprint density at radius 1 is 1.15 bits per heavy atom. The van der Waals surface area contributed by atoms with Crippen molar-refractivity contribution < 1.29 is 0 Å². The molecule has 0 amide bonds. The van der Waals surface area contributed by atoms with E-state index in [1.54, 1.807) is 6.08 Å². The number of allylic oxidation sites excluding steroid dienone is 1. The Bertz CT molecular complexity index is 660. The van der Waals surface area contributed by atoms with Gasteiger partial charge in [-0.3, -0.25) is 0 Å². The van der Waals surface area contributed by atoms with Crippen molar-refractivity contribution in [2.75, 3.05) is 0 Å². The molecule has 0 unspecified atom stereocenters. The molecule has 0 atom stereocenters. The van der Waals surface area contributed by atoms with Crippen molar-refractivity contribution in [2.45, 2.75) is 6.92 Å². The molecular weight excluding hydrogens is 250 g/mol. The number of aromatic nitrogens is 1. The minimum absolute atomic E-state index is 0.0575. The van der Waals surface area contributed by atoms with E-state index in [-0.39, 0.29) is 5.96 Å². The summed E-state index contributed by atoms with van der Waals surface area (Å²) in [5, 5.41) is 7.23. The van der Waals surface area contributed by atoms with Crippen molar-refractivity contribution in [3.63, 3.8) is 0 Å². The topological polar surface area (TPSA) is 81.7 Å². The molecule has 102 valence electrons. The Morgan fingerprint density at radius 3 is 2.70 bits per heavy atom. The first-order valence-corrected chi connectivity index (χ1v) is 6.20. The van der Waals surface area contributed by atoms with Crippen molar-refractivity contribution in [1.82, 2.24) is 4.57 Å². The van der Waals surface area contributed by atoms with E-state index in [0.29, 0.717) is 0 Å². The van der Waals surface area contributed by atoms with Gasteiger partial charge in [-0.25, -0.2) is 0 Å². The summed E-state index contributed by atoms with van der Waals surface area (Å²) in [4.78, 5) is 0. The lowest BCUT2D eigenvalue weighted by molar-refractivity contribution is 1.04. The zero-order valence-corrected chi connectivity index (χ0v) is 11.3. The number of rotatable bonds is 4. The lowest BCUT2D eigenvalue weighted by Crippen LogP contribution is -2.21. The predicted octanol–water partition coefficient (Wildman–Crippen LogP) is 2.06. The van der Waals surface area contributed by atoms with Gasteiger partial charge in [0, 0.05) is 23.8 Å². The number of guanidine groups is 1. The van der Waals surface area contributed by atoms with Crippen LogP contribution in [0.2, 0.25) is 0 Å². The smallest absolute Gasteiger partial charge is 0.211 e. The van der Waals surface area contributed by atoms with Gasteiger partial charge in [0.05, 0.1) is 0 Å². The summed E-state index contributed by atoms with van der Waals surface area (Å²) in [6, 6.07) is 12.2. The molecule has 1 heterocycles. The Kier molecular flexibility index (Phi) is 4.34. The van der Waals surface area contributed by atoms with Crippen LogP contribution in [0.25, 0.3) is 11.8 Å². The molecular formula is C15H17N5. The molecule has 0 aliphatic carbocycles. The largest absolute Gasteiger partial charge is 0.369 e. The highest BCUT2D eigenvalue weighted by atomic mass is 15.3. The van der Waals surface area contributed by atoms with Crippen LogP contribution in [0.4, 0.5) is 0 Å². The second-order valence-electron chi connectivity index (χ2n) is 4.24. The van der Waals surface area contributed by atoms with Crippen LogP contribution < -0.4 is 11.5 Å². The van der Waals surface area contributed by atoms with E-state index in [2.05, 4.69) is 33.8 Å². The first kappa shape index (κ1) is 13.6. The lowest BCUT2D eigenvalue weighted by Gasteiger charge is -2.09. The fraction of sp³-hybridized carbons (Fsp3) is 0.0667. The monoisotopic (exact) mass is 267 g/mol. The summed E-state index contributed by atoms with van der Waals surface area (Å²) >= 11 is 0. The molecule has 4 N–H and O–H groups in total. The van der Waals surface area contributed by atoms with E-state index in [9.17, 15) is 0 Å². The highest BCUT2D eigenvalue weighted by Crippen LogP contribution is 2.17. The van der Waals surface area contributed by atoms with Gasteiger partial charge in [0.15, 0.2) is 0 Å². The molecule has 5 nitrogen and oxygen atoms in total. The van der Waals surface area contributed by atoms with E-state index >= 15 is 0 Å². The van der Waals surface area contributed by atoms with Gasteiger partial charge in [-0.2, -0.15) is 5.10 Å². The maximum absolute atomic E-state index is 5.17. The second-order valence-corrected chi connectivity index (χ2v) is 4.24. The van der Waals surface area contributed by atoms with Gasteiger partial charge in [-0.1, -0.05) is 18.2 Å². The first-order valence-electron chi connectivity index (χ1n) is 6.20. The summed E-state index contributed by atoms with van der Waals surface area (Å²) < 4.78 is 2.11. The number of nitrogens with two attached hydrogens (primary N) is 2. The maximum atomic E-state index is 5.17. The van der Waals surface area contributed by atoms with E-state index in [0.717, 1.165) is 11.4 Å². The normalized spacial score (nSPS) is 11.2. The maximum Gasteiger partial charge on any atom is 0.211 e. The van der Waals surface area contributed by atoms with Crippen LogP contribution in [0.3, 0.4) is 0 Å². The Morgan fingerprint density at radius 2 is 1.95 bits per heavy atom. The van der Waals surface area contributed by atoms with Crippen LogP contribution in [0.1, 0.15) is 11.3 Å². The molecule has 2 aromatic rings. The van der Waals surface area contributed by atoms with Gasteiger partial charge >= 0.3 is 0 Å². The predicted molar refractivity (Wildman–Crippen MR) is 83.8 cm³/mol. The summed E-state index contributed by atoms with van der Waals surface area (Å²) in [6.07, 6.45) is 7.29. The average molecular weight is 267 g/mol. The van der Waals surface area contributed by atoms with E-state index < -0.39 is 0 Å². The van der Waals surface area contributed by atoms with Gasteiger partial charge in [-0.15, -0.1) is 5.10 Å². The van der Waals surface area contributed by atoms with Gasteiger partial charge in [0.25, 0.3) is 0 Å².